The van der Waals surface area contributed by atoms with Crippen LogP contribution in [0.2, 0.25) is 5.02 Å². The van der Waals surface area contributed by atoms with Crippen molar-refractivity contribution in [3.05, 3.63) is 45.3 Å². The molecule has 1 aliphatic heterocycles. The Hall–Kier alpha value is -2.48. The maximum absolute atomic E-state index is 13.5. The minimum atomic E-state index is -0.962. The largest absolute Gasteiger partial charge is 0.465 e. The van der Waals surface area contributed by atoms with Gasteiger partial charge in [0.15, 0.2) is 0 Å². The van der Waals surface area contributed by atoms with Crippen LogP contribution < -0.4 is 5.56 Å². The van der Waals surface area contributed by atoms with Gasteiger partial charge >= 0.3 is 6.09 Å². The molecule has 1 aliphatic rings. The van der Waals surface area contributed by atoms with E-state index in [4.69, 9.17) is 11.6 Å². The molecular weight excluding hydrogens is 387 g/mol. The molecule has 2 aromatic rings. The second kappa shape index (κ2) is 7.50. The summed E-state index contributed by atoms with van der Waals surface area (Å²) in [5.41, 5.74) is 0.00330. The molecule has 1 saturated heterocycles. The average Bonchev–Trinajstić information content (AvgIpc) is 2.62. The summed E-state index contributed by atoms with van der Waals surface area (Å²) in [6.45, 7) is 6.27. The Morgan fingerprint density at radius 1 is 1.43 bits per heavy atom. The highest BCUT2D eigenvalue weighted by atomic mass is 35.5. The van der Waals surface area contributed by atoms with E-state index in [9.17, 15) is 19.1 Å². The molecule has 0 aromatic carbocycles. The average molecular weight is 409 g/mol. The number of hydrogen-bond acceptors (Lipinski definition) is 4. The highest BCUT2D eigenvalue weighted by Crippen LogP contribution is 2.40. The van der Waals surface area contributed by atoms with Crippen LogP contribution in [0, 0.1) is 11.4 Å². The highest BCUT2D eigenvalue weighted by molar-refractivity contribution is 6.31. The molecule has 2 aromatic heterocycles. The number of nitrogens with one attached hydrogen (secondary N) is 1. The number of halogens is 2. The standard InChI is InChI=1S/C19H22ClFN4O3/c1-19(2,3)12-8-10(5-7-25(12)18(27)28)15-14(20)17(26)24-16(23-15)11-4-6-22-13(21)9-11/h4,6,9-10,12H,5,7-8H2,1-3H3,(H,27,28)(H,23,24,26). The van der Waals surface area contributed by atoms with E-state index in [2.05, 4.69) is 15.0 Å². The quantitative estimate of drug-likeness (QED) is 0.734. The first-order valence-electron chi connectivity index (χ1n) is 8.99. The van der Waals surface area contributed by atoms with Crippen molar-refractivity contribution in [2.75, 3.05) is 6.54 Å². The van der Waals surface area contributed by atoms with E-state index in [0.29, 0.717) is 30.6 Å². The van der Waals surface area contributed by atoms with Gasteiger partial charge in [0.1, 0.15) is 10.8 Å². The third-order valence-electron chi connectivity index (χ3n) is 5.12. The van der Waals surface area contributed by atoms with Crippen LogP contribution in [0.15, 0.2) is 23.1 Å². The van der Waals surface area contributed by atoms with Crippen LogP contribution in [0.5, 0.6) is 0 Å². The van der Waals surface area contributed by atoms with Crippen molar-refractivity contribution >= 4 is 17.7 Å². The number of pyridine rings is 1. The summed E-state index contributed by atoms with van der Waals surface area (Å²) in [5, 5.41) is 9.52. The lowest BCUT2D eigenvalue weighted by Gasteiger charge is -2.44. The molecule has 0 spiro atoms. The third kappa shape index (κ3) is 4.01. The minimum Gasteiger partial charge on any atom is -0.465 e. The molecule has 28 heavy (non-hydrogen) atoms. The summed E-state index contributed by atoms with van der Waals surface area (Å²) in [6, 6.07) is 2.48. The number of rotatable bonds is 2. The van der Waals surface area contributed by atoms with Gasteiger partial charge in [0.05, 0.1) is 5.69 Å². The van der Waals surface area contributed by atoms with Crippen LogP contribution in [0.1, 0.15) is 45.2 Å². The van der Waals surface area contributed by atoms with Crippen LogP contribution in [0.3, 0.4) is 0 Å². The molecule has 0 bridgehead atoms. The summed E-state index contributed by atoms with van der Waals surface area (Å²) in [6.07, 6.45) is 1.33. The molecule has 2 atom stereocenters. The van der Waals surface area contributed by atoms with Crippen molar-refractivity contribution in [3.63, 3.8) is 0 Å². The lowest BCUT2D eigenvalue weighted by molar-refractivity contribution is 0.0521. The summed E-state index contributed by atoms with van der Waals surface area (Å²) in [4.78, 5) is 36.0. The molecule has 2 unspecified atom stereocenters. The van der Waals surface area contributed by atoms with Crippen molar-refractivity contribution < 1.29 is 14.3 Å². The molecule has 150 valence electrons. The molecule has 3 heterocycles. The molecule has 0 aliphatic carbocycles. The SMILES string of the molecule is CC(C)(C)C1CC(c2nc(-c3ccnc(F)c3)[nH]c(=O)c2Cl)CCN1C(=O)O. The van der Waals surface area contributed by atoms with Crippen molar-refractivity contribution in [2.45, 2.75) is 45.6 Å². The van der Waals surface area contributed by atoms with Gasteiger partial charge in [-0.25, -0.2) is 14.8 Å². The molecule has 9 heteroatoms. The van der Waals surface area contributed by atoms with E-state index < -0.39 is 17.6 Å². The molecule has 7 nitrogen and oxygen atoms in total. The number of H-pyrrole nitrogens is 1. The number of aromatic amines is 1. The van der Waals surface area contributed by atoms with Crippen molar-refractivity contribution in [3.8, 4) is 11.4 Å². The van der Waals surface area contributed by atoms with E-state index in [1.807, 2.05) is 20.8 Å². The number of piperidine rings is 1. The zero-order valence-corrected chi connectivity index (χ0v) is 16.6. The lowest BCUT2D eigenvalue weighted by Crippen LogP contribution is -2.51. The zero-order chi connectivity index (χ0) is 20.6. The van der Waals surface area contributed by atoms with E-state index in [0.717, 1.165) is 0 Å². The fourth-order valence-electron chi connectivity index (χ4n) is 3.70. The Morgan fingerprint density at radius 2 is 2.14 bits per heavy atom. The molecule has 2 N–H and O–H groups in total. The third-order valence-corrected chi connectivity index (χ3v) is 5.49. The monoisotopic (exact) mass is 408 g/mol. The maximum atomic E-state index is 13.5. The van der Waals surface area contributed by atoms with Gasteiger partial charge in [-0.2, -0.15) is 4.39 Å². The van der Waals surface area contributed by atoms with Crippen LogP contribution in [0.25, 0.3) is 11.4 Å². The van der Waals surface area contributed by atoms with Gasteiger partial charge in [0, 0.05) is 36.3 Å². The van der Waals surface area contributed by atoms with E-state index in [1.165, 1.54) is 17.2 Å². The van der Waals surface area contributed by atoms with Gasteiger partial charge in [0.2, 0.25) is 5.95 Å². The summed E-state index contributed by atoms with van der Waals surface area (Å²) < 4.78 is 13.5. The number of hydrogen-bond donors (Lipinski definition) is 2. The fourth-order valence-corrected chi connectivity index (χ4v) is 3.94. The van der Waals surface area contributed by atoms with Crippen LogP contribution >= 0.6 is 11.6 Å². The van der Waals surface area contributed by atoms with E-state index in [-0.39, 0.29) is 28.2 Å². The van der Waals surface area contributed by atoms with Crippen LogP contribution in [-0.2, 0) is 0 Å². The first kappa shape index (κ1) is 20.3. The van der Waals surface area contributed by atoms with Crippen molar-refractivity contribution in [1.82, 2.24) is 19.9 Å². The normalized spacial score (nSPS) is 20.2. The number of nitrogens with zero attached hydrogens (tertiary/aromatic N) is 3. The number of carboxylic acid groups (broad SMARTS) is 1. The molecule has 1 fully saturated rings. The highest BCUT2D eigenvalue weighted by Gasteiger charge is 2.40. The van der Waals surface area contributed by atoms with Gasteiger partial charge in [-0.1, -0.05) is 32.4 Å². The van der Waals surface area contributed by atoms with Gasteiger partial charge in [-0.15, -0.1) is 0 Å². The molecule has 0 saturated carbocycles. The van der Waals surface area contributed by atoms with E-state index in [1.54, 1.807) is 6.07 Å². The first-order valence-corrected chi connectivity index (χ1v) is 9.37. The predicted octanol–water partition coefficient (Wildman–Crippen LogP) is 3.90. The zero-order valence-electron chi connectivity index (χ0n) is 15.9. The van der Waals surface area contributed by atoms with Crippen molar-refractivity contribution in [1.29, 1.82) is 0 Å². The number of aromatic nitrogens is 3. The van der Waals surface area contributed by atoms with Crippen LogP contribution in [0.4, 0.5) is 9.18 Å². The van der Waals surface area contributed by atoms with Gasteiger partial charge in [0.25, 0.3) is 5.56 Å². The Balaban J connectivity index is 2.01. The summed E-state index contributed by atoms with van der Waals surface area (Å²) in [7, 11) is 0. The Morgan fingerprint density at radius 3 is 2.75 bits per heavy atom. The summed E-state index contributed by atoms with van der Waals surface area (Å²) >= 11 is 6.26. The smallest absolute Gasteiger partial charge is 0.407 e. The maximum Gasteiger partial charge on any atom is 0.407 e. The van der Waals surface area contributed by atoms with Crippen molar-refractivity contribution in [2.24, 2.45) is 5.41 Å². The number of carbonyl (C=O) groups is 1. The number of amides is 1. The van der Waals surface area contributed by atoms with Crippen LogP contribution in [-0.4, -0.2) is 43.6 Å². The Kier molecular flexibility index (Phi) is 5.43. The van der Waals surface area contributed by atoms with Gasteiger partial charge in [-0.3, -0.25) is 4.79 Å². The molecule has 3 rings (SSSR count). The topological polar surface area (TPSA) is 99.2 Å². The second-order valence-corrected chi connectivity index (χ2v) is 8.44. The molecule has 0 radical (unpaired) electrons. The summed E-state index contributed by atoms with van der Waals surface area (Å²) in [5.74, 6) is -0.655. The Bertz CT molecular complexity index is 957. The number of likely N-dealkylation sites (tertiary alicyclic amines) is 1. The van der Waals surface area contributed by atoms with Gasteiger partial charge < -0.3 is 15.0 Å². The fraction of sp³-hybridized carbons (Fsp3) is 0.474. The Labute approximate surface area is 166 Å². The minimum absolute atomic E-state index is 0.0142. The molecular formula is C19H22ClFN4O3. The predicted molar refractivity (Wildman–Crippen MR) is 103 cm³/mol. The molecule has 1 amide bonds. The van der Waals surface area contributed by atoms with E-state index >= 15 is 0 Å². The first-order chi connectivity index (χ1) is 13.1. The lowest BCUT2D eigenvalue weighted by atomic mass is 9.76. The van der Waals surface area contributed by atoms with Gasteiger partial charge in [-0.05, 0) is 24.3 Å². The second-order valence-electron chi connectivity index (χ2n) is 8.06.